The van der Waals surface area contributed by atoms with Gasteiger partial charge in [0.1, 0.15) is 11.4 Å². The minimum atomic E-state index is -3.29. The van der Waals surface area contributed by atoms with E-state index in [4.69, 9.17) is 9.47 Å². The fraction of sp³-hybridized carbons (Fsp3) is 0.385. The van der Waals surface area contributed by atoms with Crippen LogP contribution in [0, 0.1) is 27.7 Å². The van der Waals surface area contributed by atoms with Crippen LogP contribution in [-0.2, 0) is 14.8 Å². The summed E-state index contributed by atoms with van der Waals surface area (Å²) in [7, 11) is -0.329. The van der Waals surface area contributed by atoms with Gasteiger partial charge in [-0.1, -0.05) is 0 Å². The predicted molar refractivity (Wildman–Crippen MR) is 154 cm³/mol. The second kappa shape index (κ2) is 15.8. The standard InChI is InChI=1S/C9H14N2O3S.C9H12N2O2.C8H11NS/c1-4-15(12,13)11-8-5-7(2)6-10-9(8)14-3;1-6-4-8(11-7(2)12)9(13-3)10-5-6;1-6-4-8(10-3)7(2)9-5-6/h5-6,11H,4H2,1-3H3;4-5H,1-3H3,(H,11,12);4-5H,1-3H3. The molecule has 0 saturated heterocycles. The van der Waals surface area contributed by atoms with Crippen molar-refractivity contribution in [2.24, 2.45) is 0 Å². The summed E-state index contributed by atoms with van der Waals surface area (Å²) in [5.41, 5.74) is 5.18. The third-order valence-corrected chi connectivity index (χ3v) is 6.86. The molecule has 0 fully saturated rings. The highest BCUT2D eigenvalue weighted by molar-refractivity contribution is 7.98. The number of sulfonamides is 1. The number of hydrogen-bond acceptors (Lipinski definition) is 9. The van der Waals surface area contributed by atoms with Crippen molar-refractivity contribution in [3.63, 3.8) is 0 Å². The number of pyridine rings is 3. The highest BCUT2D eigenvalue weighted by Gasteiger charge is 2.12. The number of carbonyl (C=O) groups is 1. The molecular formula is C26H37N5O5S2. The normalized spacial score (nSPS) is 10.2. The molecule has 0 saturated carbocycles. The molecule has 208 valence electrons. The highest BCUT2D eigenvalue weighted by atomic mass is 32.2. The number of amides is 1. The van der Waals surface area contributed by atoms with Crippen LogP contribution in [0.4, 0.5) is 11.4 Å². The molecule has 3 aromatic heterocycles. The van der Waals surface area contributed by atoms with E-state index in [2.05, 4.69) is 44.2 Å². The Labute approximate surface area is 230 Å². The molecule has 0 aliphatic heterocycles. The van der Waals surface area contributed by atoms with E-state index in [-0.39, 0.29) is 17.5 Å². The number of rotatable bonds is 7. The van der Waals surface area contributed by atoms with Gasteiger partial charge in [0.2, 0.25) is 27.7 Å². The van der Waals surface area contributed by atoms with E-state index >= 15 is 0 Å². The minimum Gasteiger partial charge on any atom is -0.480 e. The van der Waals surface area contributed by atoms with E-state index < -0.39 is 10.0 Å². The second-order valence-electron chi connectivity index (χ2n) is 8.13. The smallest absolute Gasteiger partial charge is 0.238 e. The van der Waals surface area contributed by atoms with E-state index in [1.807, 2.05) is 33.0 Å². The number of aromatic nitrogens is 3. The Morgan fingerprint density at radius 3 is 1.79 bits per heavy atom. The van der Waals surface area contributed by atoms with Gasteiger partial charge in [-0.3, -0.25) is 14.5 Å². The topological polar surface area (TPSA) is 132 Å². The molecule has 0 spiro atoms. The number of nitrogens with zero attached hydrogens (tertiary/aromatic N) is 3. The van der Waals surface area contributed by atoms with Gasteiger partial charge in [0.25, 0.3) is 0 Å². The number of carbonyl (C=O) groups excluding carboxylic acids is 1. The van der Waals surface area contributed by atoms with Crippen LogP contribution in [0.5, 0.6) is 11.8 Å². The van der Waals surface area contributed by atoms with Crippen molar-refractivity contribution in [2.45, 2.75) is 46.4 Å². The van der Waals surface area contributed by atoms with Gasteiger partial charge < -0.3 is 14.8 Å². The van der Waals surface area contributed by atoms with E-state index in [9.17, 15) is 13.2 Å². The third-order valence-electron chi connectivity index (χ3n) is 4.72. The summed E-state index contributed by atoms with van der Waals surface area (Å²) in [5.74, 6) is 0.591. The highest BCUT2D eigenvalue weighted by Crippen LogP contribution is 2.23. The number of anilines is 2. The van der Waals surface area contributed by atoms with Gasteiger partial charge in [-0.2, -0.15) is 0 Å². The molecule has 1 amide bonds. The lowest BCUT2D eigenvalue weighted by atomic mass is 10.3. The molecule has 10 nitrogen and oxygen atoms in total. The molecule has 0 radical (unpaired) electrons. The van der Waals surface area contributed by atoms with Crippen molar-refractivity contribution in [3.05, 3.63) is 59.2 Å². The van der Waals surface area contributed by atoms with Crippen molar-refractivity contribution in [1.29, 1.82) is 0 Å². The largest absolute Gasteiger partial charge is 0.480 e. The summed E-state index contributed by atoms with van der Waals surface area (Å²) in [4.78, 5) is 24.3. The Bertz CT molecular complexity index is 1320. The SMILES string of the molecule is CCS(=O)(=O)Nc1cc(C)cnc1OC.COc1ncc(C)cc1NC(C)=O.CSc1cc(C)cnc1C. The lowest BCUT2D eigenvalue weighted by Crippen LogP contribution is -2.15. The average molecular weight is 564 g/mol. The first-order valence-corrected chi connectivity index (χ1v) is 14.5. The number of methoxy groups -OCH3 is 2. The summed E-state index contributed by atoms with van der Waals surface area (Å²) in [6.07, 6.45) is 7.27. The van der Waals surface area contributed by atoms with Crippen LogP contribution in [0.2, 0.25) is 0 Å². The molecular weight excluding hydrogens is 526 g/mol. The number of aryl methyl sites for hydroxylation is 4. The van der Waals surface area contributed by atoms with Crippen LogP contribution in [-0.4, -0.2) is 55.5 Å². The maximum atomic E-state index is 11.4. The summed E-state index contributed by atoms with van der Waals surface area (Å²) < 4.78 is 35.0. The van der Waals surface area contributed by atoms with Crippen molar-refractivity contribution >= 4 is 39.1 Å². The quantitative estimate of drug-likeness (QED) is 0.384. The van der Waals surface area contributed by atoms with Gasteiger partial charge in [-0.05, 0) is 75.8 Å². The van der Waals surface area contributed by atoms with E-state index in [0.29, 0.717) is 17.3 Å². The molecule has 0 atom stereocenters. The van der Waals surface area contributed by atoms with Gasteiger partial charge in [-0.25, -0.2) is 18.4 Å². The molecule has 0 aromatic carbocycles. The number of hydrogen-bond donors (Lipinski definition) is 2. The Morgan fingerprint density at radius 1 is 0.868 bits per heavy atom. The van der Waals surface area contributed by atoms with Crippen molar-refractivity contribution in [2.75, 3.05) is 36.3 Å². The van der Waals surface area contributed by atoms with Gasteiger partial charge in [0.15, 0.2) is 0 Å². The minimum absolute atomic E-state index is 0.0180. The number of thioether (sulfide) groups is 1. The van der Waals surface area contributed by atoms with Crippen molar-refractivity contribution < 1.29 is 22.7 Å². The van der Waals surface area contributed by atoms with Gasteiger partial charge in [0, 0.05) is 30.4 Å². The molecule has 3 aromatic rings. The molecule has 0 unspecified atom stereocenters. The first kappa shape index (κ1) is 32.6. The maximum Gasteiger partial charge on any atom is 0.238 e. The lowest BCUT2D eigenvalue weighted by molar-refractivity contribution is -0.114. The van der Waals surface area contributed by atoms with Crippen molar-refractivity contribution in [1.82, 2.24) is 15.0 Å². The van der Waals surface area contributed by atoms with Gasteiger partial charge >= 0.3 is 0 Å². The molecule has 12 heteroatoms. The first-order valence-electron chi connectivity index (χ1n) is 11.6. The van der Waals surface area contributed by atoms with Crippen molar-refractivity contribution in [3.8, 4) is 11.8 Å². The van der Waals surface area contributed by atoms with Crippen LogP contribution in [0.15, 0.2) is 41.7 Å². The zero-order chi connectivity index (χ0) is 28.9. The predicted octanol–water partition coefficient (Wildman–Crippen LogP) is 4.94. The lowest BCUT2D eigenvalue weighted by Gasteiger charge is -2.10. The summed E-state index contributed by atoms with van der Waals surface area (Å²) in [5, 5.41) is 2.64. The fourth-order valence-electron chi connectivity index (χ4n) is 2.85. The first-order chi connectivity index (χ1) is 17.8. The molecule has 38 heavy (non-hydrogen) atoms. The van der Waals surface area contributed by atoms with Crippen LogP contribution in [0.1, 0.15) is 36.2 Å². The molecule has 0 aliphatic carbocycles. The molecule has 0 aliphatic rings. The molecule has 3 rings (SSSR count). The van der Waals surface area contributed by atoms with Crippen LogP contribution >= 0.6 is 11.8 Å². The summed E-state index contributed by atoms with van der Waals surface area (Å²) in [6.45, 7) is 10.8. The average Bonchev–Trinajstić information content (AvgIpc) is 2.86. The summed E-state index contributed by atoms with van der Waals surface area (Å²) in [6, 6.07) is 5.65. The van der Waals surface area contributed by atoms with E-state index in [1.165, 1.54) is 31.6 Å². The Hall–Kier alpha value is -3.38. The fourth-order valence-corrected chi connectivity index (χ4v) is 4.13. The van der Waals surface area contributed by atoms with Gasteiger partial charge in [0.05, 0.1) is 25.7 Å². The van der Waals surface area contributed by atoms with Gasteiger partial charge in [-0.15, -0.1) is 11.8 Å². The monoisotopic (exact) mass is 563 g/mol. The number of nitrogens with one attached hydrogen (secondary N) is 2. The molecule has 0 bridgehead atoms. The van der Waals surface area contributed by atoms with E-state index in [0.717, 1.165) is 16.8 Å². The van der Waals surface area contributed by atoms with Crippen LogP contribution in [0.3, 0.4) is 0 Å². The van der Waals surface area contributed by atoms with Crippen LogP contribution in [0.25, 0.3) is 0 Å². The Balaban J connectivity index is 0.000000291. The number of ether oxygens (including phenoxy) is 2. The zero-order valence-corrected chi connectivity index (χ0v) is 25.0. The Morgan fingerprint density at radius 2 is 1.34 bits per heavy atom. The van der Waals surface area contributed by atoms with E-state index in [1.54, 1.807) is 37.1 Å². The molecule has 3 heterocycles. The second-order valence-corrected chi connectivity index (χ2v) is 11.0. The summed E-state index contributed by atoms with van der Waals surface area (Å²) >= 11 is 1.75. The maximum absolute atomic E-state index is 11.4. The Kier molecular flexibility index (Phi) is 13.6. The van der Waals surface area contributed by atoms with Crippen LogP contribution < -0.4 is 19.5 Å². The molecule has 2 N–H and O–H groups in total. The zero-order valence-electron chi connectivity index (χ0n) is 23.4. The third kappa shape index (κ3) is 11.3.